The largest absolute Gasteiger partial charge is 0.416 e. The number of nitrogens with one attached hydrogen (secondary N) is 1. The molecule has 0 atom stereocenters. The number of tetrazole rings is 1. The van der Waals surface area contributed by atoms with Crippen molar-refractivity contribution in [3.05, 3.63) is 59.7 Å². The summed E-state index contributed by atoms with van der Waals surface area (Å²) in [4.78, 5) is 13.3. The number of carbonyl (C=O) groups is 1. The number of Topliss-reactive ketones (excluding diaryl/α,β-unsaturated/α-hetero) is 1. The highest BCUT2D eigenvalue weighted by atomic mass is 32.2. The first-order valence-electron chi connectivity index (χ1n) is 8.08. The van der Waals surface area contributed by atoms with Gasteiger partial charge in [-0.15, -0.1) is 10.2 Å². The SMILES string of the molecule is CS(=O)(=O)Nc1ccc(C(=O)Cn2nnc(-c3cccc(C(F)(F)F)c3)n2)cc1. The van der Waals surface area contributed by atoms with E-state index in [1.54, 1.807) is 0 Å². The van der Waals surface area contributed by atoms with Gasteiger partial charge in [0.1, 0.15) is 6.54 Å². The van der Waals surface area contributed by atoms with Gasteiger partial charge in [-0.1, -0.05) is 12.1 Å². The van der Waals surface area contributed by atoms with Crippen LogP contribution < -0.4 is 4.72 Å². The van der Waals surface area contributed by atoms with Gasteiger partial charge in [0.25, 0.3) is 0 Å². The van der Waals surface area contributed by atoms with Crippen LogP contribution in [0, 0.1) is 0 Å². The molecular formula is C17H14F3N5O3S. The Morgan fingerprint density at radius 1 is 1.14 bits per heavy atom. The number of nitrogens with zero attached hydrogens (tertiary/aromatic N) is 4. The lowest BCUT2D eigenvalue weighted by molar-refractivity contribution is -0.137. The highest BCUT2D eigenvalue weighted by molar-refractivity contribution is 7.92. The lowest BCUT2D eigenvalue weighted by atomic mass is 10.1. The summed E-state index contributed by atoms with van der Waals surface area (Å²) in [5, 5.41) is 11.3. The number of hydrogen-bond donors (Lipinski definition) is 1. The molecule has 0 aliphatic carbocycles. The molecular weight excluding hydrogens is 411 g/mol. The van der Waals surface area contributed by atoms with Crippen LogP contribution in [0.5, 0.6) is 0 Å². The molecule has 0 amide bonds. The van der Waals surface area contributed by atoms with Gasteiger partial charge in [0, 0.05) is 16.8 Å². The van der Waals surface area contributed by atoms with Gasteiger partial charge < -0.3 is 0 Å². The third-order valence-corrected chi connectivity index (χ3v) is 4.30. The van der Waals surface area contributed by atoms with Crippen LogP contribution in [0.15, 0.2) is 48.5 Å². The average molecular weight is 425 g/mol. The number of benzene rings is 2. The van der Waals surface area contributed by atoms with E-state index in [1.807, 2.05) is 0 Å². The van der Waals surface area contributed by atoms with Gasteiger partial charge >= 0.3 is 6.18 Å². The second kappa shape index (κ2) is 7.62. The fourth-order valence-electron chi connectivity index (χ4n) is 2.42. The summed E-state index contributed by atoms with van der Waals surface area (Å²) in [6.07, 6.45) is -3.50. The molecule has 0 spiro atoms. The highest BCUT2D eigenvalue weighted by Crippen LogP contribution is 2.31. The molecule has 2 aromatic carbocycles. The summed E-state index contributed by atoms with van der Waals surface area (Å²) in [7, 11) is -3.43. The molecule has 8 nitrogen and oxygen atoms in total. The van der Waals surface area contributed by atoms with Crippen molar-refractivity contribution >= 4 is 21.5 Å². The van der Waals surface area contributed by atoms with E-state index in [1.165, 1.54) is 36.4 Å². The number of rotatable bonds is 6. The van der Waals surface area contributed by atoms with Crippen molar-refractivity contribution in [3.8, 4) is 11.4 Å². The summed E-state index contributed by atoms with van der Waals surface area (Å²) < 4.78 is 63.1. The quantitative estimate of drug-likeness (QED) is 0.609. The van der Waals surface area contributed by atoms with Crippen molar-refractivity contribution < 1.29 is 26.4 Å². The third kappa shape index (κ3) is 5.38. The van der Waals surface area contributed by atoms with Crippen LogP contribution in [0.25, 0.3) is 11.4 Å². The summed E-state index contributed by atoms with van der Waals surface area (Å²) in [5.74, 6) is -0.430. The summed E-state index contributed by atoms with van der Waals surface area (Å²) in [6, 6.07) is 10.2. The van der Waals surface area contributed by atoms with Gasteiger partial charge in [-0.2, -0.15) is 18.0 Å². The van der Waals surface area contributed by atoms with Crippen molar-refractivity contribution in [3.63, 3.8) is 0 Å². The van der Waals surface area contributed by atoms with Gasteiger partial charge in [-0.05, 0) is 41.6 Å². The van der Waals surface area contributed by atoms with Crippen molar-refractivity contribution in [2.24, 2.45) is 0 Å². The Morgan fingerprint density at radius 3 is 2.45 bits per heavy atom. The van der Waals surface area contributed by atoms with Crippen molar-refractivity contribution in [2.45, 2.75) is 12.7 Å². The summed E-state index contributed by atoms with van der Waals surface area (Å²) in [6.45, 7) is -0.287. The third-order valence-electron chi connectivity index (χ3n) is 3.70. The van der Waals surface area contributed by atoms with Gasteiger partial charge in [-0.3, -0.25) is 9.52 Å². The molecule has 0 aliphatic heterocycles. The Balaban J connectivity index is 1.72. The van der Waals surface area contributed by atoms with Crippen LogP contribution >= 0.6 is 0 Å². The topological polar surface area (TPSA) is 107 Å². The normalized spacial score (nSPS) is 12.0. The van der Waals surface area contributed by atoms with Crippen molar-refractivity contribution in [1.82, 2.24) is 20.2 Å². The van der Waals surface area contributed by atoms with Gasteiger partial charge in [0.15, 0.2) is 5.78 Å². The molecule has 12 heteroatoms. The van der Waals surface area contributed by atoms with Crippen LogP contribution in [0.4, 0.5) is 18.9 Å². The average Bonchev–Trinajstić information content (AvgIpc) is 3.09. The smallest absolute Gasteiger partial charge is 0.292 e. The maximum Gasteiger partial charge on any atom is 0.416 e. The molecule has 0 unspecified atom stereocenters. The van der Waals surface area contributed by atoms with Crippen LogP contribution in [0.1, 0.15) is 15.9 Å². The summed E-state index contributed by atoms with van der Waals surface area (Å²) in [5.41, 5.74) is -0.142. The van der Waals surface area contributed by atoms with Crippen molar-refractivity contribution in [1.29, 1.82) is 0 Å². The maximum atomic E-state index is 12.8. The fourth-order valence-corrected chi connectivity index (χ4v) is 2.98. The molecule has 29 heavy (non-hydrogen) atoms. The molecule has 3 aromatic rings. The predicted molar refractivity (Wildman–Crippen MR) is 97.5 cm³/mol. The van der Waals surface area contributed by atoms with E-state index >= 15 is 0 Å². The predicted octanol–water partition coefficient (Wildman–Crippen LogP) is 2.61. The maximum absolute atomic E-state index is 12.8. The van der Waals surface area contributed by atoms with Crippen LogP contribution in [-0.4, -0.2) is 40.7 Å². The zero-order valence-electron chi connectivity index (χ0n) is 14.9. The highest BCUT2D eigenvalue weighted by Gasteiger charge is 2.30. The van der Waals surface area contributed by atoms with E-state index in [-0.39, 0.29) is 29.3 Å². The lowest BCUT2D eigenvalue weighted by Gasteiger charge is -2.06. The molecule has 0 bridgehead atoms. The van der Waals surface area contributed by atoms with Crippen LogP contribution in [-0.2, 0) is 22.7 Å². The minimum atomic E-state index is -4.50. The van der Waals surface area contributed by atoms with E-state index in [2.05, 4.69) is 20.1 Å². The van der Waals surface area contributed by atoms with Gasteiger partial charge in [0.05, 0.1) is 11.8 Å². The number of alkyl halides is 3. The molecule has 152 valence electrons. The molecule has 3 rings (SSSR count). The molecule has 1 aromatic heterocycles. The van der Waals surface area contributed by atoms with Gasteiger partial charge in [0.2, 0.25) is 15.8 Å². The molecule has 1 heterocycles. The number of aromatic nitrogens is 4. The van der Waals surface area contributed by atoms with Crippen LogP contribution in [0.2, 0.25) is 0 Å². The van der Waals surface area contributed by atoms with E-state index in [4.69, 9.17) is 0 Å². The Morgan fingerprint density at radius 2 is 1.83 bits per heavy atom. The second-order valence-electron chi connectivity index (χ2n) is 6.10. The summed E-state index contributed by atoms with van der Waals surface area (Å²) >= 11 is 0. The number of anilines is 1. The standard InChI is InChI=1S/C17H14F3N5O3S/c1-29(27,28)23-14-7-5-11(6-8-14)15(26)10-25-22-16(21-24-25)12-3-2-4-13(9-12)17(18,19)20/h2-9,23H,10H2,1H3. The lowest BCUT2D eigenvalue weighted by Crippen LogP contribution is -2.14. The first kappa shape index (κ1) is 20.5. The van der Waals surface area contributed by atoms with Gasteiger partial charge in [-0.25, -0.2) is 8.42 Å². The van der Waals surface area contributed by atoms with Crippen molar-refractivity contribution in [2.75, 3.05) is 11.0 Å². The first-order valence-corrected chi connectivity index (χ1v) is 9.97. The minimum Gasteiger partial charge on any atom is -0.292 e. The number of hydrogen-bond acceptors (Lipinski definition) is 6. The Labute approximate surface area is 163 Å². The zero-order chi connectivity index (χ0) is 21.2. The molecule has 0 saturated heterocycles. The Bertz CT molecular complexity index is 1140. The number of ketones is 1. The van der Waals surface area contributed by atoms with E-state index in [0.29, 0.717) is 5.69 Å². The molecule has 1 N–H and O–H groups in total. The minimum absolute atomic E-state index is 0.0448. The molecule has 0 fully saturated rings. The molecule has 0 saturated carbocycles. The number of carbonyl (C=O) groups excluding carboxylic acids is 1. The van der Waals surface area contributed by atoms with E-state index in [0.717, 1.165) is 23.2 Å². The van der Waals surface area contributed by atoms with Crippen LogP contribution in [0.3, 0.4) is 0 Å². The Kier molecular flexibility index (Phi) is 5.38. The fraction of sp³-hybridized carbons (Fsp3) is 0.176. The first-order chi connectivity index (χ1) is 13.5. The molecule has 0 aliphatic rings. The monoisotopic (exact) mass is 425 g/mol. The van der Waals surface area contributed by atoms with E-state index in [9.17, 15) is 26.4 Å². The zero-order valence-corrected chi connectivity index (χ0v) is 15.7. The van der Waals surface area contributed by atoms with E-state index < -0.39 is 21.8 Å². The number of sulfonamides is 1. The second-order valence-corrected chi connectivity index (χ2v) is 7.85. The Hall–Kier alpha value is -3.28. The number of halogens is 3. The molecule has 0 radical (unpaired) electrons.